The molecule has 148 valence electrons. The number of hydrogen-bond acceptors (Lipinski definition) is 5. The van der Waals surface area contributed by atoms with Crippen LogP contribution in [0.5, 0.6) is 5.75 Å². The van der Waals surface area contributed by atoms with Gasteiger partial charge in [0.05, 0.1) is 11.6 Å². The van der Waals surface area contributed by atoms with Crippen molar-refractivity contribution < 1.29 is 14.3 Å². The third-order valence-corrected chi connectivity index (χ3v) is 4.76. The summed E-state index contributed by atoms with van der Waals surface area (Å²) in [5.41, 5.74) is 1.77. The number of pyridine rings is 1. The molecule has 1 fully saturated rings. The van der Waals surface area contributed by atoms with Gasteiger partial charge in [-0.1, -0.05) is 30.3 Å². The molecule has 0 saturated carbocycles. The number of likely N-dealkylation sites (tertiary alicyclic amines) is 1. The Morgan fingerprint density at radius 3 is 2.54 bits per heavy atom. The summed E-state index contributed by atoms with van der Waals surface area (Å²) in [6, 6.07) is 12.0. The van der Waals surface area contributed by atoms with Gasteiger partial charge in [0.1, 0.15) is 6.61 Å². The number of nitrogens with zero attached hydrogens (tertiary/aromatic N) is 2. The quantitative estimate of drug-likeness (QED) is 0.834. The van der Waals surface area contributed by atoms with Gasteiger partial charge in [-0.15, -0.1) is 0 Å². The van der Waals surface area contributed by atoms with E-state index >= 15 is 0 Å². The third kappa shape index (κ3) is 4.79. The fraction of sp³-hybridized carbons (Fsp3) is 0.381. The Morgan fingerprint density at radius 2 is 1.89 bits per heavy atom. The molecule has 2 aromatic rings. The van der Waals surface area contributed by atoms with Gasteiger partial charge in [-0.25, -0.2) is 4.98 Å². The summed E-state index contributed by atoms with van der Waals surface area (Å²) in [5.74, 6) is 1.40. The van der Waals surface area contributed by atoms with E-state index in [1.54, 1.807) is 19.3 Å². The van der Waals surface area contributed by atoms with Crippen LogP contribution in [0.25, 0.3) is 0 Å². The monoisotopic (exact) mass is 382 g/mol. The summed E-state index contributed by atoms with van der Waals surface area (Å²) in [4.78, 5) is 28.4. The Hall–Kier alpha value is -3.09. The standard InChI is InChI=1S/C18H19N3O2.C3H7NO/c22-18(21-8-4-5-9-21)14-10-16-17(19-11-14)20-15(12-23-16)13-6-2-1-3-7-13;1-3(5)4-2/h1-3,6-7,10-11,15H,4-5,8-9,12H2,(H,19,20);1-2H3,(H,4,5)/t15-;/m1./s1. The summed E-state index contributed by atoms with van der Waals surface area (Å²) in [6.45, 7) is 3.68. The van der Waals surface area contributed by atoms with Crippen LogP contribution in [0.3, 0.4) is 0 Å². The van der Waals surface area contributed by atoms with Crippen LogP contribution in [-0.2, 0) is 4.79 Å². The molecule has 0 radical (unpaired) electrons. The molecule has 7 heteroatoms. The van der Waals surface area contributed by atoms with E-state index < -0.39 is 0 Å². The first-order valence-corrected chi connectivity index (χ1v) is 9.50. The van der Waals surface area contributed by atoms with Gasteiger partial charge in [0, 0.05) is 33.3 Å². The molecule has 1 aromatic heterocycles. The van der Waals surface area contributed by atoms with Crippen molar-refractivity contribution in [1.82, 2.24) is 15.2 Å². The van der Waals surface area contributed by atoms with E-state index in [0.717, 1.165) is 31.5 Å². The number of amides is 2. The van der Waals surface area contributed by atoms with E-state index in [9.17, 15) is 9.59 Å². The van der Waals surface area contributed by atoms with Gasteiger partial charge in [0.25, 0.3) is 5.91 Å². The van der Waals surface area contributed by atoms with Crippen LogP contribution in [0, 0.1) is 0 Å². The van der Waals surface area contributed by atoms with Gasteiger partial charge >= 0.3 is 0 Å². The minimum Gasteiger partial charge on any atom is -0.487 e. The van der Waals surface area contributed by atoms with Crippen LogP contribution in [0.4, 0.5) is 5.82 Å². The molecule has 2 aliphatic heterocycles. The number of anilines is 1. The minimum absolute atomic E-state index is 0.00463. The van der Waals surface area contributed by atoms with E-state index in [4.69, 9.17) is 4.74 Å². The number of nitrogens with one attached hydrogen (secondary N) is 2. The van der Waals surface area contributed by atoms with Gasteiger partial charge in [-0.05, 0) is 24.5 Å². The first-order valence-electron chi connectivity index (χ1n) is 9.50. The van der Waals surface area contributed by atoms with Crippen LogP contribution >= 0.6 is 0 Å². The lowest BCUT2D eigenvalue weighted by Crippen LogP contribution is -2.29. The summed E-state index contributed by atoms with van der Waals surface area (Å²) in [7, 11) is 1.60. The van der Waals surface area contributed by atoms with E-state index in [1.807, 2.05) is 23.1 Å². The Morgan fingerprint density at radius 1 is 1.21 bits per heavy atom. The van der Waals surface area contributed by atoms with Gasteiger partial charge in [0.2, 0.25) is 5.91 Å². The highest BCUT2D eigenvalue weighted by molar-refractivity contribution is 5.95. The molecular weight excluding hydrogens is 356 g/mol. The second kappa shape index (κ2) is 9.21. The zero-order chi connectivity index (χ0) is 19.9. The summed E-state index contributed by atoms with van der Waals surface area (Å²) >= 11 is 0. The number of carbonyl (C=O) groups excluding carboxylic acids is 2. The van der Waals surface area contributed by atoms with Crippen molar-refractivity contribution in [3.63, 3.8) is 0 Å². The highest BCUT2D eigenvalue weighted by Gasteiger charge is 2.25. The Bertz CT molecular complexity index is 820. The molecular formula is C21H26N4O3. The molecule has 0 aliphatic carbocycles. The predicted octanol–water partition coefficient (Wildman–Crippen LogP) is 2.62. The number of benzene rings is 1. The summed E-state index contributed by atoms with van der Waals surface area (Å²) < 4.78 is 5.85. The van der Waals surface area contributed by atoms with Crippen molar-refractivity contribution in [2.75, 3.05) is 32.1 Å². The predicted molar refractivity (Wildman–Crippen MR) is 107 cm³/mol. The maximum absolute atomic E-state index is 12.4. The van der Waals surface area contributed by atoms with E-state index in [1.165, 1.54) is 6.92 Å². The smallest absolute Gasteiger partial charge is 0.255 e. The molecule has 0 spiro atoms. The summed E-state index contributed by atoms with van der Waals surface area (Å²) in [6.07, 6.45) is 3.81. The Labute approximate surface area is 165 Å². The van der Waals surface area contributed by atoms with Crippen LogP contribution in [0.15, 0.2) is 42.6 Å². The number of rotatable bonds is 2. The molecule has 0 bridgehead atoms. The number of hydrogen-bond donors (Lipinski definition) is 2. The fourth-order valence-electron chi connectivity index (χ4n) is 3.13. The minimum atomic E-state index is 0.00463. The van der Waals surface area contributed by atoms with E-state index in [0.29, 0.717) is 23.7 Å². The average Bonchev–Trinajstić information content (AvgIpc) is 3.28. The zero-order valence-electron chi connectivity index (χ0n) is 16.3. The molecule has 1 atom stereocenters. The molecule has 28 heavy (non-hydrogen) atoms. The normalized spacial score (nSPS) is 17.4. The summed E-state index contributed by atoms with van der Waals surface area (Å²) in [5, 5.41) is 5.78. The van der Waals surface area contributed by atoms with Gasteiger partial charge in [-0.2, -0.15) is 0 Å². The van der Waals surface area contributed by atoms with Gasteiger partial charge < -0.3 is 20.3 Å². The van der Waals surface area contributed by atoms with Crippen molar-refractivity contribution in [1.29, 1.82) is 0 Å². The Balaban J connectivity index is 0.000000403. The van der Waals surface area contributed by atoms with Crippen molar-refractivity contribution in [3.05, 3.63) is 53.7 Å². The van der Waals surface area contributed by atoms with Crippen molar-refractivity contribution in [2.24, 2.45) is 0 Å². The number of carbonyl (C=O) groups is 2. The molecule has 3 heterocycles. The second-order valence-corrected chi connectivity index (χ2v) is 6.79. The lowest BCUT2D eigenvalue weighted by atomic mass is 10.1. The molecule has 2 N–H and O–H groups in total. The van der Waals surface area contributed by atoms with Gasteiger partial charge in [-0.3, -0.25) is 9.59 Å². The van der Waals surface area contributed by atoms with Gasteiger partial charge in [0.15, 0.2) is 11.6 Å². The van der Waals surface area contributed by atoms with Crippen LogP contribution in [-0.4, -0.2) is 48.4 Å². The van der Waals surface area contributed by atoms with Crippen molar-refractivity contribution >= 4 is 17.6 Å². The lowest BCUT2D eigenvalue weighted by molar-refractivity contribution is -0.118. The third-order valence-electron chi connectivity index (χ3n) is 4.76. The number of aromatic nitrogens is 1. The lowest BCUT2D eigenvalue weighted by Gasteiger charge is -2.27. The molecule has 1 aromatic carbocycles. The number of ether oxygens (including phenoxy) is 1. The van der Waals surface area contributed by atoms with Crippen LogP contribution in [0.2, 0.25) is 0 Å². The van der Waals surface area contributed by atoms with Crippen LogP contribution < -0.4 is 15.4 Å². The molecule has 1 saturated heterocycles. The average molecular weight is 382 g/mol. The van der Waals surface area contributed by atoms with E-state index in [2.05, 4.69) is 27.8 Å². The first-order chi connectivity index (χ1) is 13.6. The first kappa shape index (κ1) is 19.7. The molecule has 0 unspecified atom stereocenters. The zero-order valence-corrected chi connectivity index (χ0v) is 16.3. The molecule has 7 nitrogen and oxygen atoms in total. The molecule has 4 rings (SSSR count). The second-order valence-electron chi connectivity index (χ2n) is 6.79. The van der Waals surface area contributed by atoms with Crippen LogP contribution in [0.1, 0.15) is 41.7 Å². The highest BCUT2D eigenvalue weighted by atomic mass is 16.5. The van der Waals surface area contributed by atoms with Crippen molar-refractivity contribution in [2.45, 2.75) is 25.8 Å². The molecule has 2 amide bonds. The maximum atomic E-state index is 12.4. The highest BCUT2D eigenvalue weighted by Crippen LogP contribution is 2.32. The SMILES string of the molecule is CNC(C)=O.O=C(c1cnc2c(c1)OC[C@H](c1ccccc1)N2)N1CCCC1. The van der Waals surface area contributed by atoms with Crippen molar-refractivity contribution in [3.8, 4) is 5.75 Å². The maximum Gasteiger partial charge on any atom is 0.255 e. The fourth-order valence-corrected chi connectivity index (χ4v) is 3.13. The Kier molecular flexibility index (Phi) is 6.47. The topological polar surface area (TPSA) is 83.6 Å². The molecule has 2 aliphatic rings. The van der Waals surface area contributed by atoms with E-state index in [-0.39, 0.29) is 17.9 Å². The number of fused-ring (bicyclic) bond motifs is 1. The largest absolute Gasteiger partial charge is 0.487 e.